The number of carboxylic acid groups (broad SMARTS) is 1. The summed E-state index contributed by atoms with van der Waals surface area (Å²) in [6.45, 7) is 8.78. The maximum atomic E-state index is 12.6. The average Bonchev–Trinajstić information content (AvgIpc) is 2.81. The highest BCUT2D eigenvalue weighted by molar-refractivity contribution is 7.99. The average molecular weight is 332 g/mol. The molecule has 1 aliphatic rings. The van der Waals surface area contributed by atoms with Gasteiger partial charge in [-0.25, -0.2) is 9.59 Å². The zero-order chi connectivity index (χ0) is 17.1. The maximum Gasteiger partial charge on any atom is 0.408 e. The molecule has 126 valence electrons. The molecule has 1 heterocycles. The fourth-order valence-electron chi connectivity index (χ4n) is 1.99. The van der Waals surface area contributed by atoms with Crippen LogP contribution in [0, 0.1) is 5.92 Å². The molecule has 0 spiro atoms. The van der Waals surface area contributed by atoms with E-state index in [0.717, 1.165) is 0 Å². The zero-order valence-electron chi connectivity index (χ0n) is 13.6. The number of nitrogens with one attached hydrogen (secondary N) is 1. The molecule has 1 unspecified atom stereocenters. The number of aliphatic carboxylic acids is 1. The van der Waals surface area contributed by atoms with Gasteiger partial charge in [0.2, 0.25) is 5.91 Å². The number of carboxylic acids is 1. The molecule has 0 radical (unpaired) electrons. The fraction of sp³-hybridized carbons (Fsp3) is 0.786. The lowest BCUT2D eigenvalue weighted by Gasteiger charge is -2.29. The van der Waals surface area contributed by atoms with E-state index in [2.05, 4.69) is 5.32 Å². The first-order valence-electron chi connectivity index (χ1n) is 7.13. The standard InChI is InChI=1S/C14H24N2O5S/c1-8(2)10(15-13(20)21-14(3,4)5)11(17)16-7-22-6-9(16)12(18)19/h8-10H,6-7H2,1-5H3,(H,15,20)(H,18,19)/t9?,10-/m0/s1. The summed E-state index contributed by atoms with van der Waals surface area (Å²) < 4.78 is 5.16. The third-order valence-corrected chi connectivity index (χ3v) is 4.07. The smallest absolute Gasteiger partial charge is 0.408 e. The van der Waals surface area contributed by atoms with Crippen molar-refractivity contribution in [2.75, 3.05) is 11.6 Å². The SMILES string of the molecule is CC(C)[C@H](NC(=O)OC(C)(C)C)C(=O)N1CSCC1C(=O)O. The Hall–Kier alpha value is -1.44. The quantitative estimate of drug-likeness (QED) is 0.810. The molecule has 22 heavy (non-hydrogen) atoms. The highest BCUT2D eigenvalue weighted by atomic mass is 32.2. The van der Waals surface area contributed by atoms with Gasteiger partial charge >= 0.3 is 12.1 Å². The zero-order valence-corrected chi connectivity index (χ0v) is 14.4. The van der Waals surface area contributed by atoms with E-state index in [0.29, 0.717) is 11.6 Å². The second-order valence-corrected chi connectivity index (χ2v) is 7.53. The molecule has 1 saturated heterocycles. The Bertz CT molecular complexity index is 447. The number of ether oxygens (including phenoxy) is 1. The predicted octanol–water partition coefficient (Wildman–Crippen LogP) is 1.52. The topological polar surface area (TPSA) is 95.9 Å². The van der Waals surface area contributed by atoms with Crippen molar-refractivity contribution >= 4 is 29.7 Å². The Balaban J connectivity index is 2.80. The molecule has 0 saturated carbocycles. The van der Waals surface area contributed by atoms with Crippen LogP contribution in [-0.4, -0.2) is 57.3 Å². The van der Waals surface area contributed by atoms with E-state index in [-0.39, 0.29) is 5.92 Å². The molecule has 1 fully saturated rings. The van der Waals surface area contributed by atoms with Gasteiger partial charge in [-0.15, -0.1) is 11.8 Å². The summed E-state index contributed by atoms with van der Waals surface area (Å²) in [6, 6.07) is -1.66. The predicted molar refractivity (Wildman–Crippen MR) is 83.6 cm³/mol. The summed E-state index contributed by atoms with van der Waals surface area (Å²) in [5.74, 6) is -0.927. The first-order valence-corrected chi connectivity index (χ1v) is 8.29. The van der Waals surface area contributed by atoms with Gasteiger partial charge in [-0.2, -0.15) is 0 Å². The van der Waals surface area contributed by atoms with Crippen LogP contribution in [0.2, 0.25) is 0 Å². The number of hydrogen-bond acceptors (Lipinski definition) is 5. The third-order valence-electron chi connectivity index (χ3n) is 3.06. The molecule has 0 aromatic carbocycles. The van der Waals surface area contributed by atoms with E-state index in [1.54, 1.807) is 34.6 Å². The summed E-state index contributed by atoms with van der Waals surface area (Å²) in [7, 11) is 0. The normalized spacial score (nSPS) is 19.9. The number of rotatable bonds is 4. The van der Waals surface area contributed by atoms with Gasteiger partial charge in [-0.05, 0) is 26.7 Å². The van der Waals surface area contributed by atoms with Crippen LogP contribution in [0.1, 0.15) is 34.6 Å². The second kappa shape index (κ2) is 7.21. The maximum absolute atomic E-state index is 12.6. The molecule has 0 bridgehead atoms. The van der Waals surface area contributed by atoms with Crippen molar-refractivity contribution < 1.29 is 24.2 Å². The number of amides is 2. The van der Waals surface area contributed by atoms with E-state index >= 15 is 0 Å². The molecule has 0 aromatic heterocycles. The van der Waals surface area contributed by atoms with Gasteiger partial charge in [-0.3, -0.25) is 4.79 Å². The van der Waals surface area contributed by atoms with Gasteiger partial charge in [0.1, 0.15) is 17.7 Å². The lowest BCUT2D eigenvalue weighted by Crippen LogP contribution is -2.54. The van der Waals surface area contributed by atoms with Gasteiger partial charge < -0.3 is 20.1 Å². The molecule has 0 aromatic rings. The Morgan fingerprint density at radius 3 is 2.36 bits per heavy atom. The van der Waals surface area contributed by atoms with Crippen LogP contribution in [0.3, 0.4) is 0 Å². The van der Waals surface area contributed by atoms with Crippen LogP contribution in [0.15, 0.2) is 0 Å². The van der Waals surface area contributed by atoms with Crippen molar-refractivity contribution in [1.29, 1.82) is 0 Å². The van der Waals surface area contributed by atoms with Gasteiger partial charge in [0.15, 0.2) is 0 Å². The van der Waals surface area contributed by atoms with Crippen LogP contribution in [0.25, 0.3) is 0 Å². The van der Waals surface area contributed by atoms with Crippen molar-refractivity contribution in [3.63, 3.8) is 0 Å². The van der Waals surface area contributed by atoms with Crippen molar-refractivity contribution in [2.45, 2.75) is 52.3 Å². The minimum absolute atomic E-state index is 0.180. The molecule has 2 atom stereocenters. The van der Waals surface area contributed by atoms with Crippen LogP contribution in [-0.2, 0) is 14.3 Å². The number of alkyl carbamates (subject to hydrolysis) is 1. The number of carbonyl (C=O) groups is 3. The largest absolute Gasteiger partial charge is 0.480 e. The van der Waals surface area contributed by atoms with E-state index in [9.17, 15) is 14.4 Å². The van der Waals surface area contributed by atoms with E-state index < -0.39 is 35.7 Å². The van der Waals surface area contributed by atoms with Crippen LogP contribution in [0.5, 0.6) is 0 Å². The molecular formula is C14H24N2O5S. The lowest BCUT2D eigenvalue weighted by atomic mass is 10.0. The highest BCUT2D eigenvalue weighted by Gasteiger charge is 2.39. The highest BCUT2D eigenvalue weighted by Crippen LogP contribution is 2.23. The van der Waals surface area contributed by atoms with Gasteiger partial charge in [0.05, 0.1) is 5.88 Å². The van der Waals surface area contributed by atoms with Gasteiger partial charge in [0.25, 0.3) is 0 Å². The number of carbonyl (C=O) groups excluding carboxylic acids is 2. The number of nitrogens with zero attached hydrogens (tertiary/aromatic N) is 1. The van der Waals surface area contributed by atoms with Crippen molar-refractivity contribution in [3.05, 3.63) is 0 Å². The van der Waals surface area contributed by atoms with E-state index in [1.807, 2.05) is 0 Å². The molecule has 2 amide bonds. The van der Waals surface area contributed by atoms with Crippen molar-refractivity contribution in [2.24, 2.45) is 5.92 Å². The molecular weight excluding hydrogens is 308 g/mol. The molecule has 7 nitrogen and oxygen atoms in total. The molecule has 0 aliphatic carbocycles. The molecule has 1 aliphatic heterocycles. The van der Waals surface area contributed by atoms with E-state index in [1.165, 1.54) is 16.7 Å². The Kier molecular flexibility index (Phi) is 6.10. The second-order valence-electron chi connectivity index (χ2n) is 6.53. The van der Waals surface area contributed by atoms with Gasteiger partial charge in [-0.1, -0.05) is 13.8 Å². The first kappa shape index (κ1) is 18.6. The number of thioether (sulfide) groups is 1. The van der Waals surface area contributed by atoms with Crippen molar-refractivity contribution in [3.8, 4) is 0 Å². The fourth-order valence-corrected chi connectivity index (χ4v) is 3.15. The van der Waals surface area contributed by atoms with E-state index in [4.69, 9.17) is 9.84 Å². The minimum Gasteiger partial charge on any atom is -0.480 e. The lowest BCUT2D eigenvalue weighted by molar-refractivity contribution is -0.149. The first-order chi connectivity index (χ1) is 10.0. The Labute approximate surface area is 134 Å². The Morgan fingerprint density at radius 1 is 1.32 bits per heavy atom. The minimum atomic E-state index is -1.03. The van der Waals surface area contributed by atoms with Crippen LogP contribution < -0.4 is 5.32 Å². The van der Waals surface area contributed by atoms with Crippen LogP contribution in [0.4, 0.5) is 4.79 Å². The Morgan fingerprint density at radius 2 is 1.91 bits per heavy atom. The summed E-state index contributed by atoms with van der Waals surface area (Å²) >= 11 is 1.39. The summed E-state index contributed by atoms with van der Waals surface area (Å²) in [6.07, 6.45) is -0.682. The summed E-state index contributed by atoms with van der Waals surface area (Å²) in [5, 5.41) is 11.7. The molecule has 8 heteroatoms. The third kappa shape index (κ3) is 5.08. The van der Waals surface area contributed by atoms with Crippen molar-refractivity contribution in [1.82, 2.24) is 10.2 Å². The number of hydrogen-bond donors (Lipinski definition) is 2. The van der Waals surface area contributed by atoms with Gasteiger partial charge in [0, 0.05) is 5.75 Å². The summed E-state index contributed by atoms with van der Waals surface area (Å²) in [4.78, 5) is 37.0. The molecule has 2 N–H and O–H groups in total. The summed E-state index contributed by atoms with van der Waals surface area (Å²) in [5.41, 5.74) is -0.665. The van der Waals surface area contributed by atoms with Crippen LogP contribution >= 0.6 is 11.8 Å². The molecule has 1 rings (SSSR count). The monoisotopic (exact) mass is 332 g/mol.